The van der Waals surface area contributed by atoms with Crippen LogP contribution in [0.25, 0.3) is 0 Å². The summed E-state index contributed by atoms with van der Waals surface area (Å²) in [7, 11) is 5.47. The van der Waals surface area contributed by atoms with Gasteiger partial charge in [-0.25, -0.2) is 0 Å². The van der Waals surface area contributed by atoms with Crippen molar-refractivity contribution >= 4 is 7.85 Å². The fourth-order valence-electron chi connectivity index (χ4n) is 1.56. The molecule has 1 aliphatic rings. The molecule has 60 valence electrons. The summed E-state index contributed by atoms with van der Waals surface area (Å²) in [6, 6.07) is 6.35. The van der Waals surface area contributed by atoms with Gasteiger partial charge in [-0.05, 0) is 23.6 Å². The lowest BCUT2D eigenvalue weighted by Crippen LogP contribution is -1.85. The molecule has 1 aromatic rings. The Morgan fingerprint density at radius 3 is 3.17 bits per heavy atom. The Morgan fingerprint density at radius 2 is 2.33 bits per heavy atom. The second-order valence-corrected chi connectivity index (χ2v) is 3.08. The second-order valence-electron chi connectivity index (χ2n) is 3.08. The molecule has 0 saturated heterocycles. The van der Waals surface area contributed by atoms with E-state index in [1.807, 2.05) is 6.07 Å². The molecular weight excluding hydrogens is 147 g/mol. The highest BCUT2D eigenvalue weighted by Gasteiger charge is 2.11. The highest BCUT2D eigenvalue weighted by Crippen LogP contribution is 2.26. The number of aryl methyl sites for hydroxylation is 1. The van der Waals surface area contributed by atoms with Crippen molar-refractivity contribution in [3.05, 3.63) is 29.3 Å². The van der Waals surface area contributed by atoms with E-state index in [0.717, 1.165) is 31.5 Å². The molecule has 2 radical (unpaired) electrons. The summed E-state index contributed by atoms with van der Waals surface area (Å²) in [4.78, 5) is 0. The van der Waals surface area contributed by atoms with Gasteiger partial charge in [0.2, 0.25) is 0 Å². The Morgan fingerprint density at radius 1 is 1.42 bits per heavy atom. The molecule has 0 amide bonds. The quantitative estimate of drug-likeness (QED) is 0.595. The molecule has 0 spiro atoms. The summed E-state index contributed by atoms with van der Waals surface area (Å²) in [5.74, 6) is 1.05. The van der Waals surface area contributed by atoms with Crippen molar-refractivity contribution in [1.82, 2.24) is 0 Å². The highest BCUT2D eigenvalue weighted by atomic mass is 16.5. The van der Waals surface area contributed by atoms with Crippen LogP contribution in [0.5, 0.6) is 5.75 Å². The predicted molar refractivity (Wildman–Crippen MR) is 49.9 cm³/mol. The zero-order valence-corrected chi connectivity index (χ0v) is 7.05. The van der Waals surface area contributed by atoms with Gasteiger partial charge in [-0.1, -0.05) is 18.5 Å². The Balaban J connectivity index is 2.26. The molecule has 2 rings (SSSR count). The molecule has 0 aromatic heterocycles. The number of hydrogen-bond acceptors (Lipinski definition) is 1. The summed E-state index contributed by atoms with van der Waals surface area (Å²) in [6.45, 7) is 0.835. The number of ether oxygens (including phenoxy) is 1. The van der Waals surface area contributed by atoms with E-state index < -0.39 is 0 Å². The maximum absolute atomic E-state index is 5.47. The molecular formula is C10H11BO. The molecule has 0 saturated carbocycles. The van der Waals surface area contributed by atoms with Gasteiger partial charge in [0.15, 0.2) is 0 Å². The fourth-order valence-corrected chi connectivity index (χ4v) is 1.56. The van der Waals surface area contributed by atoms with Gasteiger partial charge in [-0.15, -0.1) is 0 Å². The van der Waals surface area contributed by atoms with Crippen LogP contribution in [0, 0.1) is 0 Å². The SMILES string of the molecule is [B]CCc1ccc2c(c1)CCO2. The Bertz CT molecular complexity index is 283. The van der Waals surface area contributed by atoms with E-state index in [9.17, 15) is 0 Å². The minimum atomic E-state index is 0.722. The van der Waals surface area contributed by atoms with Crippen LogP contribution >= 0.6 is 0 Å². The van der Waals surface area contributed by atoms with Crippen molar-refractivity contribution in [3.63, 3.8) is 0 Å². The molecule has 0 fully saturated rings. The molecule has 1 aliphatic heterocycles. The van der Waals surface area contributed by atoms with Gasteiger partial charge >= 0.3 is 0 Å². The molecule has 12 heavy (non-hydrogen) atoms. The van der Waals surface area contributed by atoms with E-state index in [1.54, 1.807) is 0 Å². The van der Waals surface area contributed by atoms with Crippen molar-refractivity contribution < 1.29 is 4.74 Å². The largest absolute Gasteiger partial charge is 0.493 e. The molecule has 0 N–H and O–H groups in total. The first-order chi connectivity index (χ1) is 5.90. The zero-order valence-electron chi connectivity index (χ0n) is 7.05. The molecule has 0 bridgehead atoms. The third-order valence-corrected chi connectivity index (χ3v) is 2.19. The monoisotopic (exact) mass is 158 g/mol. The summed E-state index contributed by atoms with van der Waals surface area (Å²) in [5, 5.41) is 0. The zero-order chi connectivity index (χ0) is 8.39. The van der Waals surface area contributed by atoms with E-state index in [1.165, 1.54) is 11.1 Å². The van der Waals surface area contributed by atoms with Crippen LogP contribution < -0.4 is 4.74 Å². The lowest BCUT2D eigenvalue weighted by Gasteiger charge is -2.01. The minimum Gasteiger partial charge on any atom is -0.493 e. The normalized spacial score (nSPS) is 14.0. The molecule has 1 aromatic carbocycles. The summed E-state index contributed by atoms with van der Waals surface area (Å²) >= 11 is 0. The fraction of sp³-hybridized carbons (Fsp3) is 0.400. The van der Waals surface area contributed by atoms with Crippen molar-refractivity contribution in [1.29, 1.82) is 0 Å². The molecule has 0 aliphatic carbocycles. The van der Waals surface area contributed by atoms with E-state index in [-0.39, 0.29) is 0 Å². The Hall–Kier alpha value is -0.915. The molecule has 2 heteroatoms. The maximum atomic E-state index is 5.47. The van der Waals surface area contributed by atoms with Crippen LogP contribution in [0.1, 0.15) is 11.1 Å². The third-order valence-electron chi connectivity index (χ3n) is 2.19. The average molecular weight is 158 g/mol. The van der Waals surface area contributed by atoms with Crippen molar-refractivity contribution in [2.24, 2.45) is 0 Å². The molecule has 1 nitrogen and oxygen atoms in total. The molecule has 1 heterocycles. The van der Waals surface area contributed by atoms with Crippen LogP contribution in [-0.4, -0.2) is 14.5 Å². The van der Waals surface area contributed by atoms with Gasteiger partial charge in [0.25, 0.3) is 0 Å². The molecule has 0 atom stereocenters. The van der Waals surface area contributed by atoms with E-state index in [0.29, 0.717) is 0 Å². The van der Waals surface area contributed by atoms with E-state index in [4.69, 9.17) is 12.6 Å². The van der Waals surface area contributed by atoms with Gasteiger partial charge in [0, 0.05) is 6.42 Å². The third kappa shape index (κ3) is 1.34. The first-order valence-electron chi connectivity index (χ1n) is 4.35. The Labute approximate surface area is 74.2 Å². The smallest absolute Gasteiger partial charge is 0.122 e. The maximum Gasteiger partial charge on any atom is 0.122 e. The number of fused-ring (bicyclic) bond motifs is 1. The minimum absolute atomic E-state index is 0.722. The predicted octanol–water partition coefficient (Wildman–Crippen LogP) is 1.75. The van der Waals surface area contributed by atoms with Crippen molar-refractivity contribution in [3.8, 4) is 5.75 Å². The van der Waals surface area contributed by atoms with Crippen molar-refractivity contribution in [2.45, 2.75) is 19.2 Å². The van der Waals surface area contributed by atoms with Crippen LogP contribution in [0.15, 0.2) is 18.2 Å². The number of benzene rings is 1. The van der Waals surface area contributed by atoms with Crippen LogP contribution in [-0.2, 0) is 12.8 Å². The lowest BCUT2D eigenvalue weighted by atomic mass is 9.96. The lowest BCUT2D eigenvalue weighted by molar-refractivity contribution is 0.357. The van der Waals surface area contributed by atoms with Crippen molar-refractivity contribution in [2.75, 3.05) is 6.61 Å². The van der Waals surface area contributed by atoms with Crippen LogP contribution in [0.4, 0.5) is 0 Å². The van der Waals surface area contributed by atoms with Gasteiger partial charge in [0.05, 0.1) is 14.5 Å². The highest BCUT2D eigenvalue weighted by molar-refractivity contribution is 6.08. The second kappa shape index (κ2) is 3.22. The topological polar surface area (TPSA) is 9.23 Å². The standard InChI is InChI=1S/C10H11BO/c11-5-3-8-1-2-10-9(7-8)4-6-12-10/h1-2,7H,3-6H2. The van der Waals surface area contributed by atoms with Crippen LogP contribution in [0.2, 0.25) is 6.32 Å². The first kappa shape index (κ1) is 7.72. The van der Waals surface area contributed by atoms with Gasteiger partial charge in [0.1, 0.15) is 5.75 Å². The summed E-state index contributed by atoms with van der Waals surface area (Å²) in [5.41, 5.74) is 2.66. The van der Waals surface area contributed by atoms with Gasteiger partial charge in [-0.3, -0.25) is 0 Å². The van der Waals surface area contributed by atoms with Gasteiger partial charge in [-0.2, -0.15) is 0 Å². The summed E-state index contributed by atoms with van der Waals surface area (Å²) < 4.78 is 5.40. The number of rotatable bonds is 2. The molecule has 0 unspecified atom stereocenters. The van der Waals surface area contributed by atoms with E-state index >= 15 is 0 Å². The van der Waals surface area contributed by atoms with Gasteiger partial charge < -0.3 is 4.74 Å². The Kier molecular flexibility index (Phi) is 2.07. The first-order valence-corrected chi connectivity index (χ1v) is 4.35. The van der Waals surface area contributed by atoms with Crippen LogP contribution in [0.3, 0.4) is 0 Å². The average Bonchev–Trinajstić information content (AvgIpc) is 2.51. The van der Waals surface area contributed by atoms with E-state index in [2.05, 4.69) is 12.1 Å². The summed E-state index contributed by atoms with van der Waals surface area (Å²) in [6.07, 6.45) is 2.74. The number of hydrogen-bond donors (Lipinski definition) is 0.